The number of nitro groups is 1. The van der Waals surface area contributed by atoms with Crippen LogP contribution in [-0.4, -0.2) is 23.3 Å². The molecule has 0 saturated heterocycles. The number of carbonyl (C=O) groups is 1. The molecule has 0 spiro atoms. The van der Waals surface area contributed by atoms with Gasteiger partial charge in [-0.05, 0) is 12.5 Å². The van der Waals surface area contributed by atoms with Gasteiger partial charge in [-0.15, -0.1) is 11.8 Å². The summed E-state index contributed by atoms with van der Waals surface area (Å²) in [5.41, 5.74) is 0.473. The monoisotopic (exact) mass is 279 g/mol. The Morgan fingerprint density at radius 2 is 2.16 bits per heavy atom. The second kappa shape index (κ2) is 5.44. The number of rotatable bonds is 4. The van der Waals surface area contributed by atoms with Crippen molar-refractivity contribution in [3.63, 3.8) is 0 Å². The van der Waals surface area contributed by atoms with Gasteiger partial charge in [-0.2, -0.15) is 0 Å². The maximum atomic E-state index is 12.3. The van der Waals surface area contributed by atoms with Crippen LogP contribution in [0.5, 0.6) is 0 Å². The highest BCUT2D eigenvalue weighted by Crippen LogP contribution is 2.48. The van der Waals surface area contributed by atoms with E-state index in [1.54, 1.807) is 37.3 Å². The summed E-state index contributed by atoms with van der Waals surface area (Å²) >= 11 is 1.22. The maximum absolute atomic E-state index is 12.3. The Labute approximate surface area is 114 Å². The van der Waals surface area contributed by atoms with Gasteiger partial charge in [0.25, 0.3) is 5.70 Å². The first-order valence-corrected chi connectivity index (χ1v) is 6.83. The lowest BCUT2D eigenvalue weighted by molar-refractivity contribution is -0.430. The van der Waals surface area contributed by atoms with E-state index in [9.17, 15) is 14.9 Å². The van der Waals surface area contributed by atoms with Gasteiger partial charge in [0, 0.05) is 11.8 Å². The minimum atomic E-state index is -1.35. The number of hydrogen-bond acceptors (Lipinski definition) is 5. The van der Waals surface area contributed by atoms with E-state index in [4.69, 9.17) is 4.74 Å². The van der Waals surface area contributed by atoms with Crippen LogP contribution in [-0.2, 0) is 14.3 Å². The Balaban J connectivity index is 2.55. The van der Waals surface area contributed by atoms with E-state index in [0.717, 1.165) is 0 Å². The Morgan fingerprint density at radius 1 is 1.47 bits per heavy atom. The summed E-state index contributed by atoms with van der Waals surface area (Å²) in [4.78, 5) is 23.0. The predicted octanol–water partition coefficient (Wildman–Crippen LogP) is 2.35. The molecule has 1 atom stereocenters. The summed E-state index contributed by atoms with van der Waals surface area (Å²) in [7, 11) is 0. The normalized spacial score (nSPS) is 21.8. The third-order valence-corrected chi connectivity index (χ3v) is 4.25. The number of ether oxygens (including phenoxy) is 1. The van der Waals surface area contributed by atoms with E-state index < -0.39 is 15.6 Å². The lowest BCUT2D eigenvalue weighted by Crippen LogP contribution is -2.37. The first-order valence-electron chi connectivity index (χ1n) is 5.84. The summed E-state index contributed by atoms with van der Waals surface area (Å²) in [5.74, 6) is -0.157. The zero-order valence-corrected chi connectivity index (χ0v) is 11.2. The van der Waals surface area contributed by atoms with Gasteiger partial charge in [0.15, 0.2) is 0 Å². The number of nitrogens with zero attached hydrogens (tertiary/aromatic N) is 1. The molecule has 0 bridgehead atoms. The molecule has 0 N–H and O–H groups in total. The molecule has 1 aromatic carbocycles. The van der Waals surface area contributed by atoms with Gasteiger partial charge >= 0.3 is 5.97 Å². The average molecular weight is 279 g/mol. The summed E-state index contributed by atoms with van der Waals surface area (Å²) in [6.07, 6.45) is 1.48. The molecule has 6 heteroatoms. The molecular formula is C13H13NO4S. The SMILES string of the molecule is CCOC(=O)[C@@]1(c2ccccc2)SCC=C1[N+](=O)[O-]. The van der Waals surface area contributed by atoms with Crippen molar-refractivity contribution in [3.05, 3.63) is 57.8 Å². The molecule has 100 valence electrons. The minimum absolute atomic E-state index is 0.109. The van der Waals surface area contributed by atoms with Crippen LogP contribution in [0.15, 0.2) is 42.1 Å². The number of thioether (sulfide) groups is 1. The fraction of sp³-hybridized carbons (Fsp3) is 0.308. The highest BCUT2D eigenvalue weighted by Gasteiger charge is 2.55. The first-order chi connectivity index (χ1) is 9.13. The fourth-order valence-corrected chi connectivity index (χ4v) is 3.36. The maximum Gasteiger partial charge on any atom is 0.338 e. The quantitative estimate of drug-likeness (QED) is 0.480. The second-order valence-electron chi connectivity index (χ2n) is 3.93. The van der Waals surface area contributed by atoms with Crippen LogP contribution >= 0.6 is 11.8 Å². The zero-order chi connectivity index (χ0) is 13.9. The van der Waals surface area contributed by atoms with Crippen LogP contribution in [0.1, 0.15) is 12.5 Å². The van der Waals surface area contributed by atoms with Crippen LogP contribution in [0, 0.1) is 10.1 Å². The van der Waals surface area contributed by atoms with Gasteiger partial charge in [-0.25, -0.2) is 4.79 Å². The van der Waals surface area contributed by atoms with Gasteiger partial charge in [0.05, 0.1) is 11.5 Å². The summed E-state index contributed by atoms with van der Waals surface area (Å²) < 4.78 is 3.71. The molecule has 2 rings (SSSR count). The van der Waals surface area contributed by atoms with Crippen molar-refractivity contribution < 1.29 is 14.5 Å². The largest absolute Gasteiger partial charge is 0.464 e. The molecule has 19 heavy (non-hydrogen) atoms. The van der Waals surface area contributed by atoms with Gasteiger partial charge in [0.2, 0.25) is 4.75 Å². The highest BCUT2D eigenvalue weighted by molar-refractivity contribution is 8.01. The molecule has 1 aliphatic heterocycles. The molecule has 1 aromatic rings. The number of carbonyl (C=O) groups excluding carboxylic acids is 1. The van der Waals surface area contributed by atoms with Gasteiger partial charge < -0.3 is 4.74 Å². The van der Waals surface area contributed by atoms with Gasteiger partial charge in [0.1, 0.15) is 0 Å². The van der Waals surface area contributed by atoms with Crippen LogP contribution in [0.3, 0.4) is 0 Å². The van der Waals surface area contributed by atoms with Crippen molar-refractivity contribution in [2.75, 3.05) is 12.4 Å². The molecule has 1 heterocycles. The van der Waals surface area contributed by atoms with E-state index >= 15 is 0 Å². The molecule has 0 aromatic heterocycles. The summed E-state index contributed by atoms with van der Waals surface area (Å²) in [6.45, 7) is 1.88. The Morgan fingerprint density at radius 3 is 2.74 bits per heavy atom. The molecule has 0 aliphatic carbocycles. The summed E-state index contributed by atoms with van der Waals surface area (Å²) in [5, 5.41) is 11.2. The number of benzene rings is 1. The number of esters is 1. The molecule has 0 unspecified atom stereocenters. The van der Waals surface area contributed by atoms with Crippen molar-refractivity contribution >= 4 is 17.7 Å². The molecule has 0 radical (unpaired) electrons. The topological polar surface area (TPSA) is 69.4 Å². The Bertz CT molecular complexity index is 529. The third-order valence-electron chi connectivity index (χ3n) is 2.88. The fourth-order valence-electron chi connectivity index (χ4n) is 2.08. The Kier molecular flexibility index (Phi) is 3.90. The summed E-state index contributed by atoms with van der Waals surface area (Å²) in [6, 6.07) is 8.75. The predicted molar refractivity (Wildman–Crippen MR) is 72.3 cm³/mol. The van der Waals surface area contributed by atoms with Crippen molar-refractivity contribution in [1.82, 2.24) is 0 Å². The van der Waals surface area contributed by atoms with Crippen LogP contribution in [0.4, 0.5) is 0 Å². The van der Waals surface area contributed by atoms with Crippen molar-refractivity contribution in [3.8, 4) is 0 Å². The molecule has 1 aliphatic rings. The van der Waals surface area contributed by atoms with Crippen LogP contribution in [0.2, 0.25) is 0 Å². The lowest BCUT2D eigenvalue weighted by Gasteiger charge is -2.24. The van der Waals surface area contributed by atoms with E-state index in [-0.39, 0.29) is 12.3 Å². The van der Waals surface area contributed by atoms with E-state index in [1.807, 2.05) is 0 Å². The van der Waals surface area contributed by atoms with E-state index in [2.05, 4.69) is 0 Å². The first kappa shape index (κ1) is 13.6. The van der Waals surface area contributed by atoms with Crippen LogP contribution in [0.25, 0.3) is 0 Å². The molecule has 5 nitrogen and oxygen atoms in total. The zero-order valence-electron chi connectivity index (χ0n) is 10.4. The van der Waals surface area contributed by atoms with Crippen molar-refractivity contribution in [1.29, 1.82) is 0 Å². The van der Waals surface area contributed by atoms with Gasteiger partial charge in [-0.1, -0.05) is 30.3 Å². The Hall–Kier alpha value is -1.82. The van der Waals surface area contributed by atoms with Gasteiger partial charge in [-0.3, -0.25) is 10.1 Å². The third kappa shape index (κ3) is 2.23. The molecule has 0 amide bonds. The molecular weight excluding hydrogens is 266 g/mol. The second-order valence-corrected chi connectivity index (χ2v) is 5.16. The highest BCUT2D eigenvalue weighted by atomic mass is 32.2. The smallest absolute Gasteiger partial charge is 0.338 e. The standard InChI is InChI=1S/C13H13NO4S/c1-2-18-12(15)13(10-6-4-3-5-7-10)11(14(16)17)8-9-19-13/h3-8H,2,9H2,1H3/t13-/m0/s1. The van der Waals surface area contributed by atoms with Crippen molar-refractivity contribution in [2.24, 2.45) is 0 Å². The molecule has 0 fully saturated rings. The minimum Gasteiger partial charge on any atom is -0.464 e. The van der Waals surface area contributed by atoms with E-state index in [1.165, 1.54) is 17.8 Å². The average Bonchev–Trinajstić information content (AvgIpc) is 2.86. The number of hydrogen-bond donors (Lipinski definition) is 0. The van der Waals surface area contributed by atoms with E-state index in [0.29, 0.717) is 11.3 Å². The molecule has 0 saturated carbocycles. The van der Waals surface area contributed by atoms with Crippen LogP contribution < -0.4 is 0 Å². The lowest BCUT2D eigenvalue weighted by atomic mass is 9.94. The van der Waals surface area contributed by atoms with Crippen molar-refractivity contribution in [2.45, 2.75) is 11.7 Å².